The number of carbonyl (C=O) groups excluding carboxylic acids is 1. The van der Waals surface area contributed by atoms with Crippen molar-refractivity contribution in [1.82, 2.24) is 0 Å². The smallest absolute Gasteiger partial charge is 0.343 e. The summed E-state index contributed by atoms with van der Waals surface area (Å²) in [7, 11) is -4.65. The van der Waals surface area contributed by atoms with Crippen LogP contribution in [0.25, 0.3) is 0 Å². The van der Waals surface area contributed by atoms with E-state index in [1.807, 2.05) is 0 Å². The minimum absolute atomic E-state index is 0.0137. The molecular formula is C23H18I5O5S-. The molecule has 4 aliphatic rings. The number of carbonyl (C=O) groups is 1. The first-order valence-corrected chi connectivity index (χ1v) is 17.6. The highest BCUT2D eigenvalue weighted by Crippen LogP contribution is 2.60. The summed E-state index contributed by atoms with van der Waals surface area (Å²) in [5.41, 5.74) is 0.806. The fourth-order valence-electron chi connectivity index (χ4n) is 6.42. The summed E-state index contributed by atoms with van der Waals surface area (Å²) in [5.74, 6) is 2.18. The SMILES string of the molecule is O=C(Oc1c(I)c(I)c(I)c(I)c1I)c1ccc(S(=O)(=O)[O-])c(C2C3CC4CC(C3)CC2C4)c1. The van der Waals surface area contributed by atoms with E-state index in [1.165, 1.54) is 18.6 Å². The molecule has 11 heteroatoms. The van der Waals surface area contributed by atoms with E-state index in [0.29, 0.717) is 35.0 Å². The molecule has 2 aromatic rings. The van der Waals surface area contributed by atoms with E-state index < -0.39 is 16.1 Å². The van der Waals surface area contributed by atoms with E-state index in [2.05, 4.69) is 113 Å². The number of rotatable bonds is 4. The van der Waals surface area contributed by atoms with Crippen molar-refractivity contribution in [2.75, 3.05) is 0 Å². The summed E-state index contributed by atoms with van der Waals surface area (Å²) in [4.78, 5) is 13.1. The van der Waals surface area contributed by atoms with Crippen LogP contribution in [0.4, 0.5) is 0 Å². The standard InChI is InChI=1S/C23H19I5O5S/c24-17-18(25)20(27)22(21(28)19(17)26)33-23(29)11-1-2-15(34(30,31)32)14(8-11)16-12-4-9-3-10(6-12)7-13(16)5-9/h1-2,8-10,12-13,16H,3-7H2,(H,30,31,32)/p-1. The summed E-state index contributed by atoms with van der Waals surface area (Å²) in [6.07, 6.45) is 5.62. The normalized spacial score (nSPS) is 27.8. The average molecular weight is 1040 g/mol. The van der Waals surface area contributed by atoms with Crippen molar-refractivity contribution in [3.63, 3.8) is 0 Å². The van der Waals surface area contributed by atoms with Gasteiger partial charge in [-0.2, -0.15) is 0 Å². The third-order valence-electron chi connectivity index (χ3n) is 7.46. The minimum Gasteiger partial charge on any atom is -0.744 e. The molecule has 0 N–H and O–H groups in total. The van der Waals surface area contributed by atoms with Crippen LogP contribution in [0.2, 0.25) is 0 Å². The van der Waals surface area contributed by atoms with Crippen LogP contribution >= 0.6 is 113 Å². The van der Waals surface area contributed by atoms with Gasteiger partial charge in [-0.1, -0.05) is 0 Å². The first-order chi connectivity index (χ1) is 16.0. The summed E-state index contributed by atoms with van der Waals surface area (Å²) in [6.45, 7) is 0. The van der Waals surface area contributed by atoms with Gasteiger partial charge in [-0.25, -0.2) is 13.2 Å². The van der Waals surface area contributed by atoms with Crippen LogP contribution < -0.4 is 4.74 Å². The van der Waals surface area contributed by atoms with Crippen molar-refractivity contribution in [2.24, 2.45) is 23.7 Å². The van der Waals surface area contributed by atoms with Crippen molar-refractivity contribution >= 4 is 129 Å². The molecule has 0 saturated heterocycles. The van der Waals surface area contributed by atoms with Gasteiger partial charge in [0, 0.05) is 10.7 Å². The van der Waals surface area contributed by atoms with Crippen LogP contribution in [-0.2, 0) is 10.1 Å². The number of benzene rings is 2. The van der Waals surface area contributed by atoms with Crippen LogP contribution in [0.5, 0.6) is 5.75 Å². The van der Waals surface area contributed by atoms with Crippen LogP contribution in [-0.4, -0.2) is 18.9 Å². The Balaban J connectivity index is 1.54. The van der Waals surface area contributed by atoms with Gasteiger partial charge >= 0.3 is 5.97 Å². The highest BCUT2D eigenvalue weighted by molar-refractivity contribution is 14.1. The minimum atomic E-state index is -4.65. The zero-order valence-electron chi connectivity index (χ0n) is 17.5. The molecule has 0 aromatic heterocycles. The maximum absolute atomic E-state index is 13.3. The summed E-state index contributed by atoms with van der Waals surface area (Å²) < 4.78 is 47.3. The highest BCUT2D eigenvalue weighted by Gasteiger charge is 2.49. The molecule has 0 amide bonds. The molecule has 0 radical (unpaired) electrons. The van der Waals surface area contributed by atoms with Gasteiger partial charge in [0.15, 0.2) is 5.75 Å². The number of hydrogen-bond donors (Lipinski definition) is 0. The molecule has 4 fully saturated rings. The molecule has 0 aliphatic heterocycles. The Labute approximate surface area is 267 Å². The van der Waals surface area contributed by atoms with E-state index >= 15 is 0 Å². The molecule has 4 saturated carbocycles. The second-order valence-corrected chi connectivity index (χ2v) is 16.2. The van der Waals surface area contributed by atoms with Gasteiger partial charge in [-0.15, -0.1) is 0 Å². The van der Waals surface area contributed by atoms with Crippen molar-refractivity contribution < 1.29 is 22.5 Å². The zero-order chi connectivity index (χ0) is 24.5. The van der Waals surface area contributed by atoms with Gasteiger partial charge in [0.2, 0.25) is 0 Å². The van der Waals surface area contributed by atoms with E-state index in [-0.39, 0.29) is 16.4 Å². The topological polar surface area (TPSA) is 83.5 Å². The maximum Gasteiger partial charge on any atom is 0.343 e. The van der Waals surface area contributed by atoms with Gasteiger partial charge in [0.05, 0.1) is 17.6 Å². The van der Waals surface area contributed by atoms with Crippen LogP contribution in [0.1, 0.15) is 53.9 Å². The van der Waals surface area contributed by atoms with Gasteiger partial charge in [0.1, 0.15) is 10.1 Å². The third kappa shape index (κ3) is 4.95. The zero-order valence-corrected chi connectivity index (χ0v) is 29.1. The van der Waals surface area contributed by atoms with Crippen molar-refractivity contribution in [1.29, 1.82) is 0 Å². The predicted octanol–water partition coefficient (Wildman–Crippen LogP) is 7.37. The largest absolute Gasteiger partial charge is 0.744 e. The highest BCUT2D eigenvalue weighted by atomic mass is 127. The van der Waals surface area contributed by atoms with Gasteiger partial charge < -0.3 is 9.29 Å². The monoisotopic (exact) mass is 1040 g/mol. The lowest BCUT2D eigenvalue weighted by Gasteiger charge is -2.55. The molecule has 5 nitrogen and oxygen atoms in total. The third-order valence-corrected chi connectivity index (χ3v) is 17.8. The quantitative estimate of drug-likeness (QED) is 0.0799. The Morgan fingerprint density at radius 3 is 1.82 bits per heavy atom. The van der Waals surface area contributed by atoms with Crippen molar-refractivity contribution in [2.45, 2.75) is 42.9 Å². The molecule has 0 atom stereocenters. The second-order valence-electron chi connectivity index (χ2n) is 9.45. The molecule has 0 spiro atoms. The number of halogens is 5. The lowest BCUT2D eigenvalue weighted by Crippen LogP contribution is -2.44. The van der Waals surface area contributed by atoms with E-state index in [1.54, 1.807) is 6.07 Å². The first kappa shape index (κ1) is 27.1. The predicted molar refractivity (Wildman–Crippen MR) is 169 cm³/mol. The fraction of sp³-hybridized carbons (Fsp3) is 0.435. The number of ether oxygens (including phenoxy) is 1. The molecule has 4 bridgehead atoms. The number of esters is 1. The summed E-state index contributed by atoms with van der Waals surface area (Å²) in [6, 6.07) is 4.36. The van der Waals surface area contributed by atoms with E-state index in [9.17, 15) is 17.8 Å². The molecule has 0 unspecified atom stereocenters. The molecule has 2 aromatic carbocycles. The first-order valence-electron chi connectivity index (χ1n) is 10.8. The number of hydrogen-bond acceptors (Lipinski definition) is 5. The van der Waals surface area contributed by atoms with Gasteiger partial charge in [0.25, 0.3) is 0 Å². The molecule has 0 heterocycles. The Bertz CT molecular complexity index is 1250. The van der Waals surface area contributed by atoms with Crippen molar-refractivity contribution in [3.8, 4) is 5.75 Å². The van der Waals surface area contributed by atoms with E-state index in [4.69, 9.17) is 4.74 Å². The Morgan fingerprint density at radius 1 is 0.824 bits per heavy atom. The fourth-order valence-corrected chi connectivity index (χ4v) is 12.1. The van der Waals surface area contributed by atoms with E-state index in [0.717, 1.165) is 43.5 Å². The summed E-state index contributed by atoms with van der Waals surface area (Å²) in [5, 5.41) is 0. The van der Waals surface area contributed by atoms with Crippen LogP contribution in [0.15, 0.2) is 23.1 Å². The van der Waals surface area contributed by atoms with Gasteiger partial charge in [-0.3, -0.25) is 0 Å². The second kappa shape index (κ2) is 10.2. The molecule has 4 aliphatic carbocycles. The molecule has 34 heavy (non-hydrogen) atoms. The van der Waals surface area contributed by atoms with Crippen LogP contribution in [0.3, 0.4) is 0 Å². The van der Waals surface area contributed by atoms with Crippen LogP contribution in [0, 0.1) is 41.5 Å². The Hall–Kier alpha value is 1.47. The Morgan fingerprint density at radius 2 is 1.32 bits per heavy atom. The average Bonchev–Trinajstić information content (AvgIpc) is 2.77. The lowest BCUT2D eigenvalue weighted by atomic mass is 9.50. The van der Waals surface area contributed by atoms with Crippen molar-refractivity contribution in [3.05, 3.63) is 47.2 Å². The Kier molecular flexibility index (Phi) is 8.13. The molecule has 182 valence electrons. The van der Waals surface area contributed by atoms with Gasteiger partial charge in [-0.05, 0) is 198 Å². The molecule has 6 rings (SSSR count). The summed E-state index contributed by atoms with van der Waals surface area (Å²) >= 11 is 11.2. The lowest BCUT2D eigenvalue weighted by molar-refractivity contribution is -0.00373. The molecular weight excluding hydrogens is 1020 g/mol. The maximum atomic E-state index is 13.3.